The van der Waals surface area contributed by atoms with Crippen LogP contribution in [0.1, 0.15) is 27.2 Å². The second kappa shape index (κ2) is 8.41. The first-order chi connectivity index (χ1) is 9.88. The summed E-state index contributed by atoms with van der Waals surface area (Å²) in [6.45, 7) is 9.48. The van der Waals surface area contributed by atoms with Crippen molar-refractivity contribution < 1.29 is 9.59 Å². The predicted octanol–water partition coefficient (Wildman–Crippen LogP) is 1.22. The van der Waals surface area contributed by atoms with E-state index < -0.39 is 0 Å². The van der Waals surface area contributed by atoms with Crippen LogP contribution < -0.4 is 5.32 Å². The zero-order valence-electron chi connectivity index (χ0n) is 13.8. The van der Waals surface area contributed by atoms with E-state index in [-0.39, 0.29) is 29.6 Å². The summed E-state index contributed by atoms with van der Waals surface area (Å²) in [4.78, 5) is 28.3. The molecule has 2 saturated heterocycles. The van der Waals surface area contributed by atoms with Gasteiger partial charge in [-0.3, -0.25) is 9.59 Å². The van der Waals surface area contributed by atoms with Crippen LogP contribution in [0.3, 0.4) is 0 Å². The van der Waals surface area contributed by atoms with Crippen molar-refractivity contribution >= 4 is 36.0 Å². The van der Waals surface area contributed by atoms with E-state index in [1.54, 1.807) is 0 Å². The summed E-state index contributed by atoms with van der Waals surface area (Å²) in [5, 5.41) is 3.40. The van der Waals surface area contributed by atoms with Crippen LogP contribution in [0.4, 0.5) is 0 Å². The Morgan fingerprint density at radius 1 is 1.14 bits per heavy atom. The van der Waals surface area contributed by atoms with Crippen LogP contribution in [0, 0.1) is 5.41 Å². The highest BCUT2D eigenvalue weighted by Gasteiger charge is 2.31. The van der Waals surface area contributed by atoms with Crippen molar-refractivity contribution in [2.45, 2.75) is 33.2 Å². The van der Waals surface area contributed by atoms with Crippen LogP contribution in [0.2, 0.25) is 0 Å². The van der Waals surface area contributed by atoms with Gasteiger partial charge in [0.15, 0.2) is 0 Å². The zero-order chi connectivity index (χ0) is 15.5. The molecule has 0 bridgehead atoms. The molecule has 0 aliphatic carbocycles. The lowest BCUT2D eigenvalue weighted by atomic mass is 9.94. The Bertz CT molecular complexity index is 387. The average molecular weight is 350 g/mol. The summed E-state index contributed by atoms with van der Waals surface area (Å²) < 4.78 is 0. The fourth-order valence-electron chi connectivity index (χ4n) is 2.72. The molecule has 1 N–H and O–H groups in total. The minimum absolute atomic E-state index is 0. The van der Waals surface area contributed by atoms with Gasteiger partial charge in [-0.2, -0.15) is 11.8 Å². The first-order valence-electron chi connectivity index (χ1n) is 7.76. The smallest absolute Gasteiger partial charge is 0.228 e. The van der Waals surface area contributed by atoms with Crippen LogP contribution in [-0.4, -0.2) is 71.9 Å². The standard InChI is InChI=1S/C15H27N3O2S.ClH/c1-15(2,3)14(20)18-7-5-17(6-8-18)13(19)10-12-11-21-9-4-16-12;/h12,16H,4-11H2,1-3H3;1H. The van der Waals surface area contributed by atoms with Gasteiger partial charge in [0, 0.05) is 62.1 Å². The third-order valence-electron chi connectivity index (χ3n) is 3.98. The fraction of sp³-hybridized carbons (Fsp3) is 0.867. The molecule has 0 aromatic heterocycles. The lowest BCUT2D eigenvalue weighted by Crippen LogP contribution is -2.54. The van der Waals surface area contributed by atoms with E-state index in [0.717, 1.165) is 18.1 Å². The molecule has 1 atom stereocenters. The highest BCUT2D eigenvalue weighted by molar-refractivity contribution is 7.99. The van der Waals surface area contributed by atoms with Crippen LogP contribution in [-0.2, 0) is 9.59 Å². The molecular formula is C15H28ClN3O2S. The number of rotatable bonds is 2. The number of nitrogens with zero attached hydrogens (tertiary/aromatic N) is 2. The summed E-state index contributed by atoms with van der Waals surface area (Å²) in [7, 11) is 0. The molecule has 0 aromatic rings. The van der Waals surface area contributed by atoms with Gasteiger partial charge >= 0.3 is 0 Å². The summed E-state index contributed by atoms with van der Waals surface area (Å²) in [6, 6.07) is 0.311. The van der Waals surface area contributed by atoms with Crippen molar-refractivity contribution in [3.05, 3.63) is 0 Å². The van der Waals surface area contributed by atoms with Gasteiger partial charge in [-0.05, 0) is 0 Å². The van der Waals surface area contributed by atoms with Crippen molar-refractivity contribution in [2.75, 3.05) is 44.2 Å². The Morgan fingerprint density at radius 3 is 2.23 bits per heavy atom. The first-order valence-corrected chi connectivity index (χ1v) is 8.91. The van der Waals surface area contributed by atoms with Crippen molar-refractivity contribution in [1.82, 2.24) is 15.1 Å². The molecule has 2 heterocycles. The maximum absolute atomic E-state index is 12.3. The molecule has 2 rings (SSSR count). The maximum Gasteiger partial charge on any atom is 0.228 e. The van der Waals surface area contributed by atoms with E-state index in [0.29, 0.717) is 38.6 Å². The first kappa shape index (κ1) is 19.6. The number of halogens is 1. The third kappa shape index (κ3) is 5.32. The zero-order valence-corrected chi connectivity index (χ0v) is 15.4. The van der Waals surface area contributed by atoms with Gasteiger partial charge in [-0.25, -0.2) is 0 Å². The molecule has 2 amide bonds. The van der Waals surface area contributed by atoms with Crippen molar-refractivity contribution in [3.8, 4) is 0 Å². The number of amides is 2. The van der Waals surface area contributed by atoms with Crippen molar-refractivity contribution in [3.63, 3.8) is 0 Å². The Morgan fingerprint density at radius 2 is 1.73 bits per heavy atom. The van der Waals surface area contributed by atoms with Crippen molar-refractivity contribution in [2.24, 2.45) is 5.41 Å². The van der Waals surface area contributed by atoms with E-state index >= 15 is 0 Å². The minimum Gasteiger partial charge on any atom is -0.339 e. The summed E-state index contributed by atoms with van der Waals surface area (Å²) in [5.41, 5.74) is -0.338. The molecule has 0 spiro atoms. The second-order valence-electron chi connectivity index (χ2n) is 6.85. The third-order valence-corrected chi connectivity index (χ3v) is 5.11. The highest BCUT2D eigenvalue weighted by Crippen LogP contribution is 2.19. The molecule has 2 aliphatic heterocycles. The number of carbonyl (C=O) groups is 2. The van der Waals surface area contributed by atoms with Gasteiger partial charge in [-0.15, -0.1) is 12.4 Å². The number of nitrogens with one attached hydrogen (secondary N) is 1. The van der Waals surface area contributed by atoms with Gasteiger partial charge in [-0.1, -0.05) is 20.8 Å². The van der Waals surface area contributed by atoms with E-state index in [9.17, 15) is 9.59 Å². The summed E-state index contributed by atoms with van der Waals surface area (Å²) in [6.07, 6.45) is 0.584. The number of piperazine rings is 1. The molecule has 0 aromatic carbocycles. The summed E-state index contributed by atoms with van der Waals surface area (Å²) >= 11 is 1.91. The average Bonchev–Trinajstić information content (AvgIpc) is 2.46. The molecule has 5 nitrogen and oxygen atoms in total. The molecule has 2 fully saturated rings. The van der Waals surface area contributed by atoms with Gasteiger partial charge < -0.3 is 15.1 Å². The van der Waals surface area contributed by atoms with Crippen molar-refractivity contribution in [1.29, 1.82) is 0 Å². The predicted molar refractivity (Wildman–Crippen MR) is 93.6 cm³/mol. The minimum atomic E-state index is -0.338. The SMILES string of the molecule is CC(C)(C)C(=O)N1CCN(C(=O)CC2CSCCN2)CC1.Cl. The monoisotopic (exact) mass is 349 g/mol. The normalized spacial score (nSPS) is 23.0. The number of hydrogen-bond acceptors (Lipinski definition) is 4. The lowest BCUT2D eigenvalue weighted by Gasteiger charge is -2.38. The number of thioether (sulfide) groups is 1. The molecular weight excluding hydrogens is 322 g/mol. The molecule has 1 unspecified atom stereocenters. The number of carbonyl (C=O) groups excluding carboxylic acids is 2. The van der Waals surface area contributed by atoms with Gasteiger partial charge in [0.05, 0.1) is 0 Å². The molecule has 128 valence electrons. The molecule has 0 radical (unpaired) electrons. The maximum atomic E-state index is 12.3. The Balaban J connectivity index is 0.00000242. The van der Waals surface area contributed by atoms with E-state index in [1.807, 2.05) is 42.3 Å². The summed E-state index contributed by atoms with van der Waals surface area (Å²) in [5.74, 6) is 2.56. The van der Waals surface area contributed by atoms with Gasteiger partial charge in [0.25, 0.3) is 0 Å². The molecule has 2 aliphatic rings. The van der Waals surface area contributed by atoms with Gasteiger partial charge in [0.1, 0.15) is 0 Å². The van der Waals surface area contributed by atoms with E-state index in [2.05, 4.69) is 5.32 Å². The molecule has 0 saturated carbocycles. The fourth-order valence-corrected chi connectivity index (χ4v) is 3.67. The topological polar surface area (TPSA) is 52.7 Å². The van der Waals surface area contributed by atoms with Crippen LogP contribution >= 0.6 is 24.2 Å². The largest absolute Gasteiger partial charge is 0.339 e. The van der Waals surface area contributed by atoms with Crippen LogP contribution in [0.5, 0.6) is 0 Å². The lowest BCUT2D eigenvalue weighted by molar-refractivity contribution is -0.145. The Hall–Kier alpha value is -0.460. The quantitative estimate of drug-likeness (QED) is 0.814. The second-order valence-corrected chi connectivity index (χ2v) is 8.00. The van der Waals surface area contributed by atoms with E-state index in [4.69, 9.17) is 0 Å². The number of hydrogen-bond donors (Lipinski definition) is 1. The molecule has 7 heteroatoms. The highest BCUT2D eigenvalue weighted by atomic mass is 35.5. The van der Waals surface area contributed by atoms with Crippen LogP contribution in [0.15, 0.2) is 0 Å². The van der Waals surface area contributed by atoms with Crippen LogP contribution in [0.25, 0.3) is 0 Å². The molecule has 22 heavy (non-hydrogen) atoms. The Kier molecular flexibility index (Phi) is 7.49. The Labute approximate surface area is 144 Å². The van der Waals surface area contributed by atoms with Gasteiger partial charge in [0.2, 0.25) is 11.8 Å². The van der Waals surface area contributed by atoms with E-state index in [1.165, 1.54) is 0 Å².